The standard InChI is InChI=1S/C10H23NOSi/c1-10(2,3)13(4,5)12-9(11)8-6-7-8/h8-9H,6-7,11H2,1-5H3/t9-/m1/s1. The highest BCUT2D eigenvalue weighted by Crippen LogP contribution is 2.40. The van der Waals surface area contributed by atoms with Crippen LogP contribution in [0.2, 0.25) is 18.1 Å². The zero-order chi connectivity index (χ0) is 10.3. The van der Waals surface area contributed by atoms with Crippen molar-refractivity contribution in [3.63, 3.8) is 0 Å². The third-order valence-electron chi connectivity index (χ3n) is 3.32. The summed E-state index contributed by atoms with van der Waals surface area (Å²) in [7, 11) is -1.62. The summed E-state index contributed by atoms with van der Waals surface area (Å²) >= 11 is 0. The molecule has 1 rings (SSSR count). The highest BCUT2D eigenvalue weighted by molar-refractivity contribution is 6.74. The van der Waals surface area contributed by atoms with Gasteiger partial charge < -0.3 is 10.2 Å². The minimum atomic E-state index is -1.62. The second kappa shape index (κ2) is 3.37. The molecule has 0 aliphatic heterocycles. The first kappa shape index (κ1) is 11.2. The molecule has 0 aromatic carbocycles. The third-order valence-corrected chi connectivity index (χ3v) is 7.80. The van der Waals surface area contributed by atoms with Gasteiger partial charge in [0.15, 0.2) is 8.32 Å². The van der Waals surface area contributed by atoms with Gasteiger partial charge in [-0.15, -0.1) is 0 Å². The zero-order valence-electron chi connectivity index (χ0n) is 9.55. The van der Waals surface area contributed by atoms with Crippen LogP contribution in [0.5, 0.6) is 0 Å². The summed E-state index contributed by atoms with van der Waals surface area (Å²) in [5.74, 6) is 0.647. The van der Waals surface area contributed by atoms with Gasteiger partial charge in [-0.1, -0.05) is 20.8 Å². The average Bonchev–Trinajstić information content (AvgIpc) is 2.62. The first-order valence-corrected chi connectivity index (χ1v) is 8.08. The van der Waals surface area contributed by atoms with Crippen LogP contribution in [0.3, 0.4) is 0 Å². The second-order valence-corrected chi connectivity index (χ2v) is 10.4. The van der Waals surface area contributed by atoms with E-state index in [4.69, 9.17) is 10.2 Å². The van der Waals surface area contributed by atoms with Crippen LogP contribution in [0, 0.1) is 5.92 Å². The molecule has 0 heterocycles. The van der Waals surface area contributed by atoms with Gasteiger partial charge in [0.1, 0.15) is 0 Å². The maximum atomic E-state index is 6.04. The molecule has 0 saturated heterocycles. The van der Waals surface area contributed by atoms with Crippen molar-refractivity contribution in [2.45, 2.75) is 58.0 Å². The smallest absolute Gasteiger partial charge is 0.194 e. The van der Waals surface area contributed by atoms with Crippen LogP contribution in [0.15, 0.2) is 0 Å². The van der Waals surface area contributed by atoms with Gasteiger partial charge in [0.25, 0.3) is 0 Å². The fourth-order valence-electron chi connectivity index (χ4n) is 1.04. The summed E-state index contributed by atoms with van der Waals surface area (Å²) in [5, 5.41) is 0.277. The first-order chi connectivity index (χ1) is 5.74. The molecule has 0 spiro atoms. The summed E-state index contributed by atoms with van der Waals surface area (Å²) in [6.45, 7) is 11.3. The van der Waals surface area contributed by atoms with E-state index in [-0.39, 0.29) is 11.3 Å². The van der Waals surface area contributed by atoms with Gasteiger partial charge >= 0.3 is 0 Å². The maximum Gasteiger partial charge on any atom is 0.194 e. The highest BCUT2D eigenvalue weighted by atomic mass is 28.4. The van der Waals surface area contributed by atoms with E-state index in [9.17, 15) is 0 Å². The van der Waals surface area contributed by atoms with Gasteiger partial charge in [-0.05, 0) is 36.9 Å². The Hall–Kier alpha value is 0.137. The van der Waals surface area contributed by atoms with E-state index in [2.05, 4.69) is 33.9 Å². The average molecular weight is 201 g/mol. The van der Waals surface area contributed by atoms with Gasteiger partial charge in [0.2, 0.25) is 0 Å². The Bertz CT molecular complexity index is 182. The quantitative estimate of drug-likeness (QED) is 0.563. The Balaban J connectivity index is 2.49. The van der Waals surface area contributed by atoms with Crippen molar-refractivity contribution in [2.75, 3.05) is 0 Å². The van der Waals surface area contributed by atoms with Crippen molar-refractivity contribution in [1.29, 1.82) is 0 Å². The molecule has 2 N–H and O–H groups in total. The lowest BCUT2D eigenvalue weighted by Gasteiger charge is -2.38. The van der Waals surface area contributed by atoms with Crippen LogP contribution in [0.1, 0.15) is 33.6 Å². The Morgan fingerprint density at radius 2 is 1.77 bits per heavy atom. The molecular formula is C10H23NOSi. The van der Waals surface area contributed by atoms with Crippen molar-refractivity contribution in [3.8, 4) is 0 Å². The van der Waals surface area contributed by atoms with E-state index in [0.29, 0.717) is 5.92 Å². The molecule has 0 bridgehead atoms. The maximum absolute atomic E-state index is 6.04. The molecule has 1 aliphatic rings. The van der Waals surface area contributed by atoms with Crippen molar-refractivity contribution in [3.05, 3.63) is 0 Å². The van der Waals surface area contributed by atoms with E-state index >= 15 is 0 Å². The highest BCUT2D eigenvalue weighted by Gasteiger charge is 2.41. The molecule has 0 radical (unpaired) electrons. The van der Waals surface area contributed by atoms with Gasteiger partial charge in [0.05, 0.1) is 6.23 Å². The van der Waals surface area contributed by atoms with Crippen molar-refractivity contribution >= 4 is 8.32 Å². The normalized spacial score (nSPS) is 21.7. The molecule has 3 heteroatoms. The summed E-state index contributed by atoms with van der Waals surface area (Å²) in [4.78, 5) is 0. The second-order valence-electron chi connectivity index (χ2n) is 5.68. The molecule has 2 nitrogen and oxygen atoms in total. The summed E-state index contributed by atoms with van der Waals surface area (Å²) < 4.78 is 6.04. The molecular weight excluding hydrogens is 178 g/mol. The van der Waals surface area contributed by atoms with E-state index in [1.807, 2.05) is 0 Å². The summed E-state index contributed by atoms with van der Waals surface area (Å²) in [6, 6.07) is 0. The lowest BCUT2D eigenvalue weighted by atomic mass is 10.2. The lowest BCUT2D eigenvalue weighted by Crippen LogP contribution is -2.47. The largest absolute Gasteiger partial charge is 0.402 e. The van der Waals surface area contributed by atoms with E-state index in [0.717, 1.165) is 0 Å². The minimum absolute atomic E-state index is 0.000826. The molecule has 1 fully saturated rings. The van der Waals surface area contributed by atoms with Gasteiger partial charge in [-0.2, -0.15) is 0 Å². The fourth-order valence-corrected chi connectivity index (χ4v) is 2.26. The van der Waals surface area contributed by atoms with Crippen LogP contribution >= 0.6 is 0 Å². The van der Waals surface area contributed by atoms with E-state index < -0.39 is 8.32 Å². The molecule has 1 saturated carbocycles. The Morgan fingerprint density at radius 1 is 1.31 bits per heavy atom. The predicted molar refractivity (Wildman–Crippen MR) is 59.0 cm³/mol. The molecule has 0 amide bonds. The monoisotopic (exact) mass is 201 g/mol. The Morgan fingerprint density at radius 3 is 2.08 bits per heavy atom. The predicted octanol–water partition coefficient (Wildman–Crippen LogP) is 2.70. The molecule has 0 aromatic heterocycles. The van der Waals surface area contributed by atoms with E-state index in [1.54, 1.807) is 0 Å². The minimum Gasteiger partial charge on any atom is -0.402 e. The van der Waals surface area contributed by atoms with Crippen molar-refractivity contribution in [2.24, 2.45) is 11.7 Å². The van der Waals surface area contributed by atoms with Crippen LogP contribution in [-0.4, -0.2) is 14.5 Å². The van der Waals surface area contributed by atoms with Crippen LogP contribution in [0.25, 0.3) is 0 Å². The molecule has 78 valence electrons. The fraction of sp³-hybridized carbons (Fsp3) is 1.00. The van der Waals surface area contributed by atoms with Gasteiger partial charge in [-0.25, -0.2) is 0 Å². The van der Waals surface area contributed by atoms with Gasteiger partial charge in [-0.3, -0.25) is 0 Å². The van der Waals surface area contributed by atoms with Crippen LogP contribution in [0.4, 0.5) is 0 Å². The van der Waals surface area contributed by atoms with E-state index in [1.165, 1.54) is 12.8 Å². The number of nitrogens with two attached hydrogens (primary N) is 1. The number of hydrogen-bond donors (Lipinski definition) is 1. The first-order valence-electron chi connectivity index (χ1n) is 5.17. The molecule has 13 heavy (non-hydrogen) atoms. The lowest BCUT2D eigenvalue weighted by molar-refractivity contribution is 0.165. The molecule has 0 unspecified atom stereocenters. The number of rotatable bonds is 3. The summed E-state index contributed by atoms with van der Waals surface area (Å²) in [5.41, 5.74) is 5.97. The third kappa shape index (κ3) is 2.79. The van der Waals surface area contributed by atoms with Gasteiger partial charge in [0, 0.05) is 0 Å². The number of hydrogen-bond acceptors (Lipinski definition) is 2. The molecule has 1 atom stereocenters. The van der Waals surface area contributed by atoms with Crippen LogP contribution < -0.4 is 5.73 Å². The molecule has 1 aliphatic carbocycles. The van der Waals surface area contributed by atoms with Crippen molar-refractivity contribution < 1.29 is 4.43 Å². The summed E-state index contributed by atoms with van der Waals surface area (Å²) in [6.07, 6.45) is 2.52. The Labute approximate surface area is 83.0 Å². The van der Waals surface area contributed by atoms with Crippen molar-refractivity contribution in [1.82, 2.24) is 0 Å². The topological polar surface area (TPSA) is 35.2 Å². The Kier molecular flexibility index (Phi) is 2.91. The molecule has 0 aromatic rings. The SMILES string of the molecule is CC(C)(C)[Si](C)(C)O[C@@H](N)C1CC1. The zero-order valence-corrected chi connectivity index (χ0v) is 10.6. The van der Waals surface area contributed by atoms with Crippen LogP contribution in [-0.2, 0) is 4.43 Å².